The van der Waals surface area contributed by atoms with E-state index < -0.39 is 0 Å². The van der Waals surface area contributed by atoms with Crippen LogP contribution in [0.15, 0.2) is 0 Å². The zero-order chi connectivity index (χ0) is 14.8. The van der Waals surface area contributed by atoms with Crippen LogP contribution in [0.4, 0.5) is 0 Å². The number of fused-ring (bicyclic) bond motifs is 5. The van der Waals surface area contributed by atoms with E-state index in [4.69, 9.17) is 0 Å². The van der Waals surface area contributed by atoms with Gasteiger partial charge in [0.05, 0.1) is 6.10 Å². The molecule has 4 aliphatic rings. The first-order valence-electron chi connectivity index (χ1n) is 9.16. The molecule has 1 N–H and O–H groups in total. The molecule has 0 bridgehead atoms. The molecule has 0 heterocycles. The minimum atomic E-state index is -0.0541. The van der Waals surface area contributed by atoms with Crippen molar-refractivity contribution in [3.05, 3.63) is 0 Å². The Morgan fingerprint density at radius 2 is 1.77 bits per heavy atom. The summed E-state index contributed by atoms with van der Waals surface area (Å²) in [6, 6.07) is 0. The van der Waals surface area contributed by atoms with Gasteiger partial charge in [-0.05, 0) is 80.5 Å². The van der Waals surface area contributed by atoms with E-state index in [1.807, 2.05) is 0 Å². The second kappa shape index (κ2) is 5.86. The third-order valence-corrected chi connectivity index (χ3v) is 8.35. The van der Waals surface area contributed by atoms with Gasteiger partial charge in [-0.25, -0.2) is 0 Å². The van der Waals surface area contributed by atoms with E-state index in [1.165, 1.54) is 25.7 Å². The van der Waals surface area contributed by atoms with Gasteiger partial charge < -0.3 is 5.11 Å². The van der Waals surface area contributed by atoms with Gasteiger partial charge in [0.2, 0.25) is 0 Å². The fraction of sp³-hybridized carbons (Fsp3) is 0.947. The van der Waals surface area contributed by atoms with Crippen LogP contribution < -0.4 is 0 Å². The fourth-order valence-corrected chi connectivity index (χ4v) is 7.01. The van der Waals surface area contributed by atoms with Crippen LogP contribution >= 0.6 is 0 Å². The first-order valence-corrected chi connectivity index (χ1v) is 9.16. The predicted molar refractivity (Wildman–Crippen MR) is 89.9 cm³/mol. The number of hydrogen-bond donors (Lipinski definition) is 1. The van der Waals surface area contributed by atoms with Crippen LogP contribution in [0.3, 0.4) is 0 Å². The third kappa shape index (κ3) is 2.31. The van der Waals surface area contributed by atoms with E-state index in [1.54, 1.807) is 0 Å². The summed E-state index contributed by atoms with van der Waals surface area (Å²) in [6.07, 6.45) is 10.1. The molecule has 3 heteroatoms. The van der Waals surface area contributed by atoms with Crippen molar-refractivity contribution in [3.63, 3.8) is 0 Å². The van der Waals surface area contributed by atoms with Gasteiger partial charge in [-0.1, -0.05) is 13.8 Å². The van der Waals surface area contributed by atoms with Crippen LogP contribution in [0.25, 0.3) is 0 Å². The van der Waals surface area contributed by atoms with Gasteiger partial charge >= 0.3 is 29.6 Å². The zero-order valence-corrected chi connectivity index (χ0v) is 13.6. The molecule has 0 aromatic rings. The van der Waals surface area contributed by atoms with E-state index in [-0.39, 0.29) is 41.1 Å². The normalized spacial score (nSPS) is 54.0. The molecular formula is C19H31NaO2. The molecule has 7 atom stereocenters. The van der Waals surface area contributed by atoms with Crippen molar-refractivity contribution in [1.82, 2.24) is 0 Å². The second-order valence-electron chi connectivity index (χ2n) is 9.00. The minimum absolute atomic E-state index is 0. The van der Waals surface area contributed by atoms with Gasteiger partial charge in [-0.15, -0.1) is 0 Å². The molecule has 4 fully saturated rings. The van der Waals surface area contributed by atoms with E-state index in [0.717, 1.165) is 49.9 Å². The summed E-state index contributed by atoms with van der Waals surface area (Å²) in [4.78, 5) is 12.4. The van der Waals surface area contributed by atoms with Crippen LogP contribution in [0, 0.1) is 34.5 Å². The molecule has 0 aliphatic heterocycles. The van der Waals surface area contributed by atoms with E-state index in [2.05, 4.69) is 13.8 Å². The average molecular weight is 314 g/mol. The summed E-state index contributed by atoms with van der Waals surface area (Å²) in [5.41, 5.74) is 0.452. The number of carbonyl (C=O) groups is 1. The number of rotatable bonds is 0. The standard InChI is InChI=1S/C19H30O2.Na.H/c1-18-9-7-13(20)11-12(18)3-4-14-15-5-6-17(21)19(15,2)10-8-16(14)18;;/h12-16,20H,3-11H2,1-2H3;;/t12-,13+,14-,15-,16-,18-,19-;;/m0../s1. The Labute approximate surface area is 157 Å². The number of ketones is 1. The predicted octanol–water partition coefficient (Wildman–Crippen LogP) is 3.31. The number of carbonyl (C=O) groups excluding carboxylic acids is 1. The van der Waals surface area contributed by atoms with Crippen LogP contribution in [0.2, 0.25) is 0 Å². The Morgan fingerprint density at radius 1 is 1.00 bits per heavy atom. The summed E-state index contributed by atoms with van der Waals surface area (Å²) < 4.78 is 0. The molecule has 0 radical (unpaired) electrons. The molecule has 0 saturated heterocycles. The first-order chi connectivity index (χ1) is 9.95. The Bertz CT molecular complexity index is 464. The monoisotopic (exact) mass is 314 g/mol. The van der Waals surface area contributed by atoms with E-state index in [9.17, 15) is 9.90 Å². The third-order valence-electron chi connectivity index (χ3n) is 8.35. The SMILES string of the molecule is C[C@]12CC[C@@H](O)C[C@@H]1CC[C@@H]1[C@@H]2CC[C@]2(C)C(=O)CC[C@@H]12.[NaH]. The Hall–Kier alpha value is 0.630. The summed E-state index contributed by atoms with van der Waals surface area (Å²) >= 11 is 0. The van der Waals surface area contributed by atoms with Crippen molar-refractivity contribution in [2.75, 3.05) is 0 Å². The molecule has 4 aliphatic carbocycles. The molecule has 120 valence electrons. The summed E-state index contributed by atoms with van der Waals surface area (Å²) in [5.74, 6) is 3.54. The fourth-order valence-electron chi connectivity index (χ4n) is 7.01. The maximum atomic E-state index is 12.4. The molecule has 0 amide bonds. The second-order valence-corrected chi connectivity index (χ2v) is 9.00. The van der Waals surface area contributed by atoms with Gasteiger partial charge in [0, 0.05) is 11.8 Å². The van der Waals surface area contributed by atoms with Gasteiger partial charge in [0.25, 0.3) is 0 Å². The van der Waals surface area contributed by atoms with Gasteiger partial charge in [-0.2, -0.15) is 0 Å². The Morgan fingerprint density at radius 3 is 2.55 bits per heavy atom. The van der Waals surface area contributed by atoms with Crippen LogP contribution in [0.1, 0.15) is 71.6 Å². The van der Waals surface area contributed by atoms with Crippen molar-refractivity contribution in [3.8, 4) is 0 Å². The van der Waals surface area contributed by atoms with Crippen LogP contribution in [0.5, 0.6) is 0 Å². The summed E-state index contributed by atoms with van der Waals surface area (Å²) in [5, 5.41) is 10.0. The zero-order valence-electron chi connectivity index (χ0n) is 13.6. The maximum absolute atomic E-state index is 12.4. The quantitative estimate of drug-likeness (QED) is 0.697. The van der Waals surface area contributed by atoms with Crippen LogP contribution in [-0.4, -0.2) is 46.6 Å². The molecule has 0 unspecified atom stereocenters. The van der Waals surface area contributed by atoms with Crippen molar-refractivity contribution in [2.24, 2.45) is 34.5 Å². The van der Waals surface area contributed by atoms with Crippen LogP contribution in [-0.2, 0) is 4.79 Å². The average Bonchev–Trinajstić information content (AvgIpc) is 2.76. The molecule has 2 nitrogen and oxygen atoms in total. The topological polar surface area (TPSA) is 37.3 Å². The van der Waals surface area contributed by atoms with Crippen molar-refractivity contribution < 1.29 is 9.90 Å². The molecule has 4 rings (SSSR count). The van der Waals surface area contributed by atoms with E-state index in [0.29, 0.717) is 17.1 Å². The summed E-state index contributed by atoms with van der Waals surface area (Å²) in [7, 11) is 0. The van der Waals surface area contributed by atoms with Crippen molar-refractivity contribution >= 4 is 35.3 Å². The number of aliphatic hydroxyl groups is 1. The molecular weight excluding hydrogens is 283 g/mol. The van der Waals surface area contributed by atoms with E-state index >= 15 is 0 Å². The Balaban J connectivity index is 0.00000144. The van der Waals surface area contributed by atoms with Crippen molar-refractivity contribution in [1.29, 1.82) is 0 Å². The van der Waals surface area contributed by atoms with Gasteiger partial charge in [0.15, 0.2) is 0 Å². The molecule has 0 spiro atoms. The summed E-state index contributed by atoms with van der Waals surface area (Å²) in [6.45, 7) is 4.78. The van der Waals surface area contributed by atoms with Gasteiger partial charge in [0.1, 0.15) is 5.78 Å². The first kappa shape index (κ1) is 17.5. The van der Waals surface area contributed by atoms with Gasteiger partial charge in [-0.3, -0.25) is 4.79 Å². The molecule has 22 heavy (non-hydrogen) atoms. The van der Waals surface area contributed by atoms with Crippen molar-refractivity contribution in [2.45, 2.75) is 77.7 Å². The molecule has 0 aromatic carbocycles. The Kier molecular flexibility index (Phi) is 4.65. The number of hydrogen-bond acceptors (Lipinski definition) is 2. The number of aliphatic hydroxyl groups excluding tert-OH is 1. The molecule has 4 saturated carbocycles. The number of Topliss-reactive ketones (excluding diaryl/α,β-unsaturated/α-hetero) is 1. The molecule has 0 aromatic heterocycles.